The lowest BCUT2D eigenvalue weighted by atomic mass is 9.33. The maximum absolute atomic E-state index is 15.6. The highest BCUT2D eigenvalue weighted by Crippen LogP contribution is 2.76. The molecular weight excluding hydrogens is 1140 g/mol. The van der Waals surface area contributed by atoms with Crippen molar-refractivity contribution in [3.8, 4) is 0 Å². The molecule has 0 aromatic heterocycles. The lowest BCUT2D eigenvalue weighted by molar-refractivity contribution is -0.380. The lowest BCUT2D eigenvalue weighted by Gasteiger charge is -2.72. The first-order chi connectivity index (χ1) is 40.2. The van der Waals surface area contributed by atoms with Crippen LogP contribution < -0.4 is 0 Å². The molecule has 0 radical (unpaired) electrons. The van der Waals surface area contributed by atoms with Gasteiger partial charge in [-0.15, -0.1) is 0 Å². The van der Waals surface area contributed by atoms with Crippen LogP contribution in [0.15, 0.2) is 11.6 Å². The van der Waals surface area contributed by atoms with Gasteiger partial charge in [0.25, 0.3) is 0 Å². The Bertz CT molecular complexity index is 2420. The molecule has 86 heavy (non-hydrogen) atoms. The van der Waals surface area contributed by atoms with E-state index in [0.717, 1.165) is 5.57 Å². The largest absolute Gasteiger partial charge is 0.432 e. The van der Waals surface area contributed by atoms with E-state index in [0.29, 0.717) is 32.1 Å². The Labute approximate surface area is 499 Å². The van der Waals surface area contributed by atoms with E-state index in [4.69, 9.17) is 47.4 Å². The molecular formula is C59H96O27. The quantitative estimate of drug-likeness (QED) is 0.0510. The topological polar surface area (TPSA) is 433 Å². The Morgan fingerprint density at radius 3 is 1.74 bits per heavy atom. The van der Waals surface area contributed by atoms with Gasteiger partial charge in [0.1, 0.15) is 97.0 Å². The molecule has 494 valence electrons. The fourth-order valence-electron chi connectivity index (χ4n) is 17.8. The van der Waals surface area contributed by atoms with Gasteiger partial charge in [0.05, 0.1) is 56.4 Å². The first kappa shape index (κ1) is 67.1. The van der Waals surface area contributed by atoms with Gasteiger partial charge in [-0.05, 0) is 112 Å². The van der Waals surface area contributed by atoms with E-state index in [1.165, 1.54) is 20.8 Å². The van der Waals surface area contributed by atoms with E-state index in [9.17, 15) is 81.7 Å². The standard InChI is InChI=1S/C59H96O27/c1-22-33(65)36(68)40(72)49(78-22)83-45-28(63)20-77-48(43(45)75)82-44-24(3)80-50(42(74)39(44)71)84-46-38(70)34(66)23(2)79-52(46)86-53(76)59-15-14-54(4,5)16-26(59)25-10-11-31-55(6)17-27(62)47(85-51-41(73)37(69)35(67)29(19-60)81-51)56(7,21-61)30(55)12-13-57(31,8)58(25,9)18-32(59)64/h10,22-24,26-52,60-75H,11-21H2,1-9H3/t22-,23+,24-,26-,27-,28+,29+,30+,31+,32+,33-,34-,35+,36+,37-,38-,39-,40+,41+,42+,43+,44-,45-,46+,47+,48-,49-,50-,51-,52-,55-,56-,57+,58+,59+/m0/s1. The van der Waals surface area contributed by atoms with Crippen LogP contribution in [0.1, 0.15) is 114 Å². The van der Waals surface area contributed by atoms with Crippen molar-refractivity contribution >= 4 is 5.97 Å². The van der Waals surface area contributed by atoms with Crippen LogP contribution in [0.5, 0.6) is 0 Å². The summed E-state index contributed by atoms with van der Waals surface area (Å²) >= 11 is 0. The Morgan fingerprint density at radius 1 is 0.547 bits per heavy atom. The summed E-state index contributed by atoms with van der Waals surface area (Å²) < 4.78 is 59.4. The van der Waals surface area contributed by atoms with Gasteiger partial charge < -0.3 is 129 Å². The normalized spacial score (nSPS) is 56.5. The van der Waals surface area contributed by atoms with Gasteiger partial charge in [0.2, 0.25) is 6.29 Å². The molecule has 4 saturated carbocycles. The van der Waals surface area contributed by atoms with Crippen LogP contribution in [-0.4, -0.2) is 273 Å². The predicted molar refractivity (Wildman–Crippen MR) is 289 cm³/mol. The molecule has 10 aliphatic rings. The fraction of sp³-hybridized carbons (Fsp3) is 0.949. The minimum atomic E-state index is -1.99. The Morgan fingerprint density at radius 2 is 1.10 bits per heavy atom. The molecule has 0 amide bonds. The summed E-state index contributed by atoms with van der Waals surface area (Å²) in [6.07, 6.45) is -36.8. The van der Waals surface area contributed by atoms with Crippen LogP contribution in [0.25, 0.3) is 0 Å². The number of carbonyl (C=O) groups is 1. The average Bonchev–Trinajstić information content (AvgIpc) is 0.673. The summed E-state index contributed by atoms with van der Waals surface area (Å²) in [5.41, 5.74) is -4.01. The highest BCUT2D eigenvalue weighted by atomic mass is 16.8. The molecule has 5 saturated heterocycles. The van der Waals surface area contributed by atoms with Crippen LogP contribution in [0.2, 0.25) is 0 Å². The van der Waals surface area contributed by atoms with Crippen molar-refractivity contribution < 1.29 is 134 Å². The molecule has 0 spiro atoms. The van der Waals surface area contributed by atoms with Crippen molar-refractivity contribution in [1.82, 2.24) is 0 Å². The second-order valence-electron chi connectivity index (χ2n) is 28.7. The third kappa shape index (κ3) is 10.8. The molecule has 5 aliphatic heterocycles. The van der Waals surface area contributed by atoms with Gasteiger partial charge in [-0.2, -0.15) is 0 Å². The first-order valence-electron chi connectivity index (χ1n) is 30.7. The van der Waals surface area contributed by atoms with Crippen LogP contribution in [0, 0.1) is 50.2 Å². The smallest absolute Gasteiger partial charge is 0.317 e. The molecule has 9 fully saturated rings. The zero-order chi connectivity index (χ0) is 63.0. The molecule has 5 aliphatic carbocycles. The van der Waals surface area contributed by atoms with E-state index in [2.05, 4.69) is 40.7 Å². The number of rotatable bonds is 12. The van der Waals surface area contributed by atoms with Crippen molar-refractivity contribution in [2.24, 2.45) is 50.2 Å². The van der Waals surface area contributed by atoms with E-state index in [-0.39, 0.29) is 36.5 Å². The van der Waals surface area contributed by atoms with Crippen molar-refractivity contribution in [2.45, 2.75) is 279 Å². The van der Waals surface area contributed by atoms with Crippen LogP contribution in [0.4, 0.5) is 0 Å². The zero-order valence-corrected chi connectivity index (χ0v) is 50.3. The average molecular weight is 1240 g/mol. The van der Waals surface area contributed by atoms with Gasteiger partial charge in [-0.1, -0.05) is 53.2 Å². The van der Waals surface area contributed by atoms with Crippen molar-refractivity contribution in [1.29, 1.82) is 0 Å². The van der Waals surface area contributed by atoms with Gasteiger partial charge in [-0.25, -0.2) is 0 Å². The van der Waals surface area contributed by atoms with Crippen LogP contribution in [-0.2, 0) is 52.2 Å². The number of esters is 1. The fourth-order valence-corrected chi connectivity index (χ4v) is 17.8. The summed E-state index contributed by atoms with van der Waals surface area (Å²) in [7, 11) is 0. The predicted octanol–water partition coefficient (Wildman–Crippen LogP) is -3.58. The van der Waals surface area contributed by atoms with Crippen molar-refractivity contribution in [2.75, 3.05) is 19.8 Å². The molecule has 16 N–H and O–H groups in total. The second kappa shape index (κ2) is 24.3. The van der Waals surface area contributed by atoms with Gasteiger partial charge in [0, 0.05) is 5.41 Å². The molecule has 0 unspecified atom stereocenters. The molecule has 5 heterocycles. The van der Waals surface area contributed by atoms with Crippen LogP contribution >= 0.6 is 0 Å². The first-order valence-corrected chi connectivity index (χ1v) is 30.7. The van der Waals surface area contributed by atoms with Gasteiger partial charge >= 0.3 is 5.97 Å². The van der Waals surface area contributed by atoms with E-state index >= 15 is 4.79 Å². The molecule has 27 heteroatoms. The molecule has 0 aromatic rings. The molecule has 0 bridgehead atoms. The maximum Gasteiger partial charge on any atom is 0.317 e. The summed E-state index contributed by atoms with van der Waals surface area (Å²) in [4.78, 5) is 15.6. The highest BCUT2D eigenvalue weighted by Gasteiger charge is 2.73. The number of aliphatic hydroxyl groups excluding tert-OH is 16. The third-order valence-electron chi connectivity index (χ3n) is 23.1. The molecule has 0 aromatic carbocycles. The molecule has 35 atom stereocenters. The number of hydrogen-bond donors (Lipinski definition) is 16. The van der Waals surface area contributed by atoms with E-state index in [1.54, 1.807) is 0 Å². The summed E-state index contributed by atoms with van der Waals surface area (Å²) in [5, 5.41) is 178. The number of carbonyl (C=O) groups excluding carboxylic acids is 1. The van der Waals surface area contributed by atoms with Crippen LogP contribution in [0.3, 0.4) is 0 Å². The van der Waals surface area contributed by atoms with E-state index in [1.807, 2.05) is 6.92 Å². The minimum absolute atomic E-state index is 0.120. The molecule has 27 nitrogen and oxygen atoms in total. The number of allylic oxidation sites excluding steroid dienone is 2. The third-order valence-corrected chi connectivity index (χ3v) is 23.1. The number of hydrogen-bond acceptors (Lipinski definition) is 27. The summed E-state index contributed by atoms with van der Waals surface area (Å²) in [6, 6.07) is 0. The van der Waals surface area contributed by atoms with Crippen molar-refractivity contribution in [3.63, 3.8) is 0 Å². The number of fused-ring (bicyclic) bond motifs is 7. The number of aliphatic hydroxyl groups is 16. The minimum Gasteiger partial charge on any atom is -0.432 e. The SMILES string of the molecule is C[C@@H]1O[C@@H](O[C@@H]2[C@@H](O)[C@H](O[C@@H]3[C@@H](O)[C@@H](O)[C@H](O[C@H]4[C@H](OC(=O)[C@]56CCC(C)(C)C[C@H]5C5=CC[C@@H]7[C@@]8(C)C[C@H](O)[C@@H](O[C@@H]9O[C@H](CO)[C@@H](O)[C@H](O)[C@H]9O)[C@@](C)(CO)[C@@H]8CC[C@@]7(C)[C@]5(C)C[C@H]6O)O[C@H](C)[C@H](O)[C@@H]4O)O[C@H]3C)OC[C@H]2O)[C@H](O)[C@H](O)[C@H]1O. The van der Waals surface area contributed by atoms with Gasteiger partial charge in [0.15, 0.2) is 31.3 Å². The Kier molecular flexibility index (Phi) is 18.9. The Balaban J connectivity index is 0.865. The van der Waals surface area contributed by atoms with Crippen molar-refractivity contribution in [3.05, 3.63) is 11.6 Å². The lowest BCUT2D eigenvalue weighted by Crippen LogP contribution is -2.70. The zero-order valence-electron chi connectivity index (χ0n) is 50.3. The summed E-state index contributed by atoms with van der Waals surface area (Å²) in [5.74, 6) is -1.85. The monoisotopic (exact) mass is 1240 g/mol. The maximum atomic E-state index is 15.6. The van der Waals surface area contributed by atoms with Gasteiger partial charge in [-0.3, -0.25) is 4.79 Å². The van der Waals surface area contributed by atoms with E-state index < -0.39 is 225 Å². The highest BCUT2D eigenvalue weighted by molar-refractivity contribution is 5.80. The second-order valence-corrected chi connectivity index (χ2v) is 28.7. The number of ether oxygens (including phenoxy) is 10. The summed E-state index contributed by atoms with van der Waals surface area (Å²) in [6.45, 7) is 15.2. The molecule has 10 rings (SSSR count). The Hall–Kier alpha value is -1.79.